The first-order valence-electron chi connectivity index (χ1n) is 12.3. The van der Waals surface area contributed by atoms with Gasteiger partial charge in [-0.3, -0.25) is 5.41 Å². The van der Waals surface area contributed by atoms with Gasteiger partial charge in [-0.2, -0.15) is 0 Å². The zero-order valence-corrected chi connectivity index (χ0v) is 20.7. The maximum Gasteiger partial charge on any atom is 0.260 e. The number of nitrogens with one attached hydrogen (secondary N) is 3. The highest BCUT2D eigenvalue weighted by Crippen LogP contribution is 2.33. The molecule has 0 spiro atoms. The average Bonchev–Trinajstić information content (AvgIpc) is 3.57. The number of imidazole rings is 1. The first kappa shape index (κ1) is 24.8. The monoisotopic (exact) mass is 511 g/mol. The van der Waals surface area contributed by atoms with E-state index < -0.39 is 0 Å². The van der Waals surface area contributed by atoms with Crippen LogP contribution in [0.15, 0.2) is 95.9 Å². The van der Waals surface area contributed by atoms with Crippen LogP contribution in [0.5, 0.6) is 5.88 Å². The number of rotatable bonds is 11. The molecular formula is C27H29N9O2. The van der Waals surface area contributed by atoms with Crippen LogP contribution in [0.4, 0.5) is 17.1 Å². The molecule has 11 nitrogen and oxygen atoms in total. The predicted molar refractivity (Wildman–Crippen MR) is 148 cm³/mol. The molecule has 5 rings (SSSR count). The lowest BCUT2D eigenvalue weighted by Crippen LogP contribution is -2.21. The van der Waals surface area contributed by atoms with Crippen molar-refractivity contribution in [1.82, 2.24) is 19.2 Å². The summed E-state index contributed by atoms with van der Waals surface area (Å²) in [6, 6.07) is 13.5. The summed E-state index contributed by atoms with van der Waals surface area (Å²) in [7, 11) is 0. The number of allylic oxidation sites excluding steroid dienone is 2. The van der Waals surface area contributed by atoms with Crippen LogP contribution in [0.3, 0.4) is 0 Å². The largest absolute Gasteiger partial charge is 0.473 e. The van der Waals surface area contributed by atoms with Gasteiger partial charge in [-0.15, -0.1) is 5.10 Å². The van der Waals surface area contributed by atoms with Crippen molar-refractivity contribution in [3.8, 4) is 5.88 Å². The maximum atomic E-state index is 9.19. The van der Waals surface area contributed by atoms with Gasteiger partial charge in [0.25, 0.3) is 5.88 Å². The minimum absolute atomic E-state index is 0.0931. The van der Waals surface area contributed by atoms with Crippen molar-refractivity contribution in [2.45, 2.75) is 13.0 Å². The van der Waals surface area contributed by atoms with E-state index in [0.717, 1.165) is 36.4 Å². The third-order valence-corrected chi connectivity index (χ3v) is 5.86. The number of aliphatic hydroxyl groups excluding tert-OH is 1. The zero-order valence-electron chi connectivity index (χ0n) is 20.7. The lowest BCUT2D eigenvalue weighted by atomic mass is 10.0. The summed E-state index contributed by atoms with van der Waals surface area (Å²) in [4.78, 5) is 8.80. The number of ether oxygens (including phenoxy) is 1. The molecule has 3 heterocycles. The van der Waals surface area contributed by atoms with Crippen molar-refractivity contribution >= 4 is 34.0 Å². The number of fused-ring (bicyclic) bond motifs is 1. The highest BCUT2D eigenvalue weighted by molar-refractivity contribution is 6.24. The molecule has 11 heteroatoms. The van der Waals surface area contributed by atoms with E-state index in [0.29, 0.717) is 28.7 Å². The van der Waals surface area contributed by atoms with Gasteiger partial charge in [0.15, 0.2) is 5.69 Å². The first-order chi connectivity index (χ1) is 18.6. The van der Waals surface area contributed by atoms with Crippen LogP contribution in [0, 0.1) is 5.41 Å². The number of aliphatic hydroxyl groups is 1. The molecule has 3 aromatic heterocycles. The second-order valence-electron chi connectivity index (χ2n) is 8.61. The fourth-order valence-corrected chi connectivity index (χ4v) is 3.97. The molecule has 38 heavy (non-hydrogen) atoms. The highest BCUT2D eigenvalue weighted by atomic mass is 16.5. The van der Waals surface area contributed by atoms with Gasteiger partial charge in [0, 0.05) is 43.1 Å². The van der Waals surface area contributed by atoms with Gasteiger partial charge in [-0.05, 0) is 55.0 Å². The van der Waals surface area contributed by atoms with Crippen molar-refractivity contribution in [1.29, 1.82) is 5.41 Å². The van der Waals surface area contributed by atoms with Gasteiger partial charge in [0.2, 0.25) is 0 Å². The van der Waals surface area contributed by atoms with E-state index in [1.807, 2.05) is 55.0 Å². The summed E-state index contributed by atoms with van der Waals surface area (Å²) in [5.74, 6) is 0.294. The Labute approximate surface area is 219 Å². The van der Waals surface area contributed by atoms with Crippen molar-refractivity contribution in [2.75, 3.05) is 30.4 Å². The van der Waals surface area contributed by atoms with Crippen LogP contribution < -0.4 is 21.1 Å². The zero-order chi connectivity index (χ0) is 26.3. The number of aromatic nitrogens is 4. The number of aliphatic imine (C=N–C) groups is 1. The molecule has 1 aliphatic carbocycles. The molecule has 4 aromatic rings. The van der Waals surface area contributed by atoms with Crippen LogP contribution in [-0.2, 0) is 6.54 Å². The number of benzene rings is 1. The van der Waals surface area contributed by atoms with Crippen LogP contribution in [0.2, 0.25) is 0 Å². The summed E-state index contributed by atoms with van der Waals surface area (Å²) in [5.41, 5.74) is 11.0. The van der Waals surface area contributed by atoms with Gasteiger partial charge in [0.1, 0.15) is 6.61 Å². The number of aryl methyl sites for hydroxylation is 1. The van der Waals surface area contributed by atoms with Crippen LogP contribution in [0.1, 0.15) is 6.42 Å². The Balaban J connectivity index is 1.30. The molecule has 0 aliphatic heterocycles. The van der Waals surface area contributed by atoms with Crippen molar-refractivity contribution in [3.63, 3.8) is 0 Å². The summed E-state index contributed by atoms with van der Waals surface area (Å²) in [5, 5.41) is 28.7. The Morgan fingerprint density at radius 3 is 2.71 bits per heavy atom. The fraction of sp³-hybridized carbons (Fsp3) is 0.185. The molecule has 194 valence electrons. The van der Waals surface area contributed by atoms with Crippen molar-refractivity contribution < 1.29 is 9.84 Å². The third-order valence-electron chi connectivity index (χ3n) is 5.86. The molecule has 0 bridgehead atoms. The minimum atomic E-state index is -0.142. The Bertz CT molecular complexity index is 1500. The summed E-state index contributed by atoms with van der Waals surface area (Å²) in [6.45, 7) is 1.71. The Morgan fingerprint density at radius 1 is 1.08 bits per heavy atom. The maximum absolute atomic E-state index is 9.19. The predicted octanol–water partition coefficient (Wildman–Crippen LogP) is 3.35. The minimum Gasteiger partial charge on any atom is -0.473 e. The van der Waals surface area contributed by atoms with E-state index in [2.05, 4.69) is 25.3 Å². The van der Waals surface area contributed by atoms with E-state index in [1.54, 1.807) is 29.1 Å². The molecule has 6 N–H and O–H groups in total. The third kappa shape index (κ3) is 5.73. The standard InChI is InChI=1S/C27H29N9O2/c28-21-16-22(29)24(33-26-25-4-1-2-12-36(25)34-27(26)38-15-14-37)17-23(21)32-20-7-5-19(6-8-20)31-9-3-11-35-13-10-30-18-35/h1-2,4-8,10,12-13,16-18,28,31-32,37H,3,9,11,14-15,29H2/b28-21?,33-24-. The van der Waals surface area contributed by atoms with Gasteiger partial charge in [-0.25, -0.2) is 14.5 Å². The number of nitrogens with two attached hydrogens (primary N) is 1. The molecule has 0 fully saturated rings. The molecular weight excluding hydrogens is 482 g/mol. The SMILES string of the molecule is N=C1C=C(N)/C(=N\c2c(OCCO)nn3ccccc23)C=C1Nc1ccc(NCCCn2ccnc2)cc1. The van der Waals surface area contributed by atoms with Gasteiger partial charge >= 0.3 is 0 Å². The van der Waals surface area contributed by atoms with Crippen molar-refractivity contribution in [3.05, 3.63) is 90.9 Å². The van der Waals surface area contributed by atoms with E-state index in [1.165, 1.54) is 0 Å². The molecule has 0 unspecified atom stereocenters. The Hall–Kier alpha value is -4.90. The molecule has 1 aromatic carbocycles. The molecule has 0 atom stereocenters. The summed E-state index contributed by atoms with van der Waals surface area (Å²) in [6.07, 6.45) is 11.6. The number of pyridine rings is 1. The molecule has 1 aliphatic rings. The molecule has 0 saturated carbocycles. The Kier molecular flexibility index (Phi) is 7.46. The Morgan fingerprint density at radius 2 is 1.92 bits per heavy atom. The fourth-order valence-electron chi connectivity index (χ4n) is 3.97. The summed E-state index contributed by atoms with van der Waals surface area (Å²) < 4.78 is 9.33. The lowest BCUT2D eigenvalue weighted by Gasteiger charge is -2.17. The lowest BCUT2D eigenvalue weighted by molar-refractivity contribution is 0.197. The van der Waals surface area contributed by atoms with Gasteiger partial charge < -0.3 is 30.8 Å². The van der Waals surface area contributed by atoms with E-state index in [9.17, 15) is 5.11 Å². The second-order valence-corrected chi connectivity index (χ2v) is 8.61. The molecule has 0 radical (unpaired) electrons. The summed E-state index contributed by atoms with van der Waals surface area (Å²) >= 11 is 0. The number of anilines is 2. The number of hydrogen-bond donors (Lipinski definition) is 5. The van der Waals surface area contributed by atoms with Crippen LogP contribution in [-0.4, -0.2) is 55.5 Å². The van der Waals surface area contributed by atoms with Crippen LogP contribution >= 0.6 is 0 Å². The molecule has 0 amide bonds. The van der Waals surface area contributed by atoms with E-state index >= 15 is 0 Å². The molecule has 0 saturated heterocycles. The normalized spacial score (nSPS) is 14.4. The average molecular weight is 512 g/mol. The van der Waals surface area contributed by atoms with Crippen molar-refractivity contribution in [2.24, 2.45) is 10.7 Å². The van der Waals surface area contributed by atoms with Crippen LogP contribution in [0.25, 0.3) is 5.52 Å². The highest BCUT2D eigenvalue weighted by Gasteiger charge is 2.19. The van der Waals surface area contributed by atoms with Gasteiger partial charge in [-0.1, -0.05) is 6.07 Å². The number of nitrogens with zero attached hydrogens (tertiary/aromatic N) is 5. The number of hydrogen-bond acceptors (Lipinski definition) is 9. The first-order valence-corrected chi connectivity index (χ1v) is 12.3. The van der Waals surface area contributed by atoms with E-state index in [-0.39, 0.29) is 18.9 Å². The quantitative estimate of drug-likeness (QED) is 0.153. The topological polar surface area (TPSA) is 151 Å². The van der Waals surface area contributed by atoms with Gasteiger partial charge in [0.05, 0.1) is 41.3 Å². The second kappa shape index (κ2) is 11.4. The van der Waals surface area contributed by atoms with E-state index in [4.69, 9.17) is 20.9 Å². The smallest absolute Gasteiger partial charge is 0.260 e.